The Balaban J connectivity index is 1.98. The molecule has 0 fully saturated rings. The second-order valence-electron chi connectivity index (χ2n) is 5.39. The van der Waals surface area contributed by atoms with Gasteiger partial charge in [-0.05, 0) is 24.1 Å². The number of nitrogen functional groups attached to an aromatic ring is 1. The Hall–Kier alpha value is -3.10. The summed E-state index contributed by atoms with van der Waals surface area (Å²) < 4.78 is 38.8. The van der Waals surface area contributed by atoms with E-state index in [1.807, 2.05) is 0 Å². The van der Waals surface area contributed by atoms with E-state index in [1.54, 1.807) is 0 Å². The zero-order valence-corrected chi connectivity index (χ0v) is 13.5. The lowest BCUT2D eigenvalue weighted by molar-refractivity contribution is -0.138. The normalized spacial score (nSPS) is 11.2. The van der Waals surface area contributed by atoms with Gasteiger partial charge >= 0.3 is 6.18 Å². The standard InChI is InChI=1S/C17H16F3N4O2/c18-17(19,20)12-4-2-1-3-10(12)6-8-14(25)23-9-11-5-7-13(21)24-15(11)16(22)26/h1-5,7-8H,6,9H2,(H2,21,24)(H2,22,26)(H,23,25). The number of anilines is 1. The van der Waals surface area contributed by atoms with E-state index in [-0.39, 0.29) is 30.0 Å². The molecule has 2 aromatic rings. The molecule has 0 aliphatic carbocycles. The van der Waals surface area contributed by atoms with Crippen LogP contribution >= 0.6 is 0 Å². The topological polar surface area (TPSA) is 111 Å². The van der Waals surface area contributed by atoms with E-state index in [9.17, 15) is 22.8 Å². The predicted octanol–water partition coefficient (Wildman–Crippen LogP) is 1.84. The molecule has 137 valence electrons. The van der Waals surface area contributed by atoms with Crippen molar-refractivity contribution in [1.82, 2.24) is 10.3 Å². The van der Waals surface area contributed by atoms with Crippen molar-refractivity contribution in [3.05, 3.63) is 65.2 Å². The zero-order chi connectivity index (χ0) is 19.3. The zero-order valence-electron chi connectivity index (χ0n) is 13.5. The fraction of sp³-hybridized carbons (Fsp3) is 0.176. The van der Waals surface area contributed by atoms with E-state index in [1.165, 1.54) is 30.3 Å². The molecule has 5 N–H and O–H groups in total. The van der Waals surface area contributed by atoms with Crippen LogP contribution in [0.4, 0.5) is 19.0 Å². The first kappa shape index (κ1) is 19.2. The van der Waals surface area contributed by atoms with Crippen LogP contribution in [-0.4, -0.2) is 16.8 Å². The number of carbonyl (C=O) groups excluding carboxylic acids is 2. The van der Waals surface area contributed by atoms with Crippen LogP contribution in [0.25, 0.3) is 0 Å². The molecule has 0 saturated carbocycles. The minimum Gasteiger partial charge on any atom is -0.384 e. The van der Waals surface area contributed by atoms with Gasteiger partial charge in [-0.25, -0.2) is 4.98 Å². The van der Waals surface area contributed by atoms with Crippen molar-refractivity contribution < 1.29 is 22.8 Å². The Labute approximate surface area is 147 Å². The number of primary amides is 1. The minimum atomic E-state index is -4.49. The lowest BCUT2D eigenvalue weighted by Crippen LogP contribution is -2.26. The second kappa shape index (κ2) is 7.85. The number of hydrogen-bond acceptors (Lipinski definition) is 4. The van der Waals surface area contributed by atoms with Crippen molar-refractivity contribution in [2.45, 2.75) is 19.1 Å². The summed E-state index contributed by atoms with van der Waals surface area (Å²) in [4.78, 5) is 27.0. The number of nitrogens with two attached hydrogens (primary N) is 2. The molecule has 0 spiro atoms. The van der Waals surface area contributed by atoms with Gasteiger partial charge < -0.3 is 16.8 Å². The van der Waals surface area contributed by atoms with Gasteiger partial charge in [0.15, 0.2) is 0 Å². The van der Waals surface area contributed by atoms with Crippen LogP contribution in [0, 0.1) is 6.42 Å². The van der Waals surface area contributed by atoms with E-state index in [4.69, 9.17) is 11.5 Å². The summed E-state index contributed by atoms with van der Waals surface area (Å²) in [5.41, 5.74) is 10.2. The highest BCUT2D eigenvalue weighted by molar-refractivity contribution is 5.93. The number of carbonyl (C=O) groups is 2. The fourth-order valence-electron chi connectivity index (χ4n) is 2.29. The van der Waals surface area contributed by atoms with E-state index in [2.05, 4.69) is 10.3 Å². The summed E-state index contributed by atoms with van der Waals surface area (Å²) >= 11 is 0. The van der Waals surface area contributed by atoms with Crippen LogP contribution in [0.15, 0.2) is 36.4 Å². The molecule has 1 heterocycles. The summed E-state index contributed by atoms with van der Waals surface area (Å²) in [6, 6.07) is 7.95. The number of nitrogens with one attached hydrogen (secondary N) is 1. The van der Waals surface area contributed by atoms with Crippen molar-refractivity contribution in [3.63, 3.8) is 0 Å². The lowest BCUT2D eigenvalue weighted by atomic mass is 10.0. The van der Waals surface area contributed by atoms with Crippen LogP contribution in [0.2, 0.25) is 0 Å². The Morgan fingerprint density at radius 3 is 2.46 bits per heavy atom. The number of alkyl halides is 3. The van der Waals surface area contributed by atoms with Gasteiger partial charge in [-0.1, -0.05) is 24.3 Å². The first-order valence-corrected chi connectivity index (χ1v) is 7.50. The average Bonchev–Trinajstić information content (AvgIpc) is 2.58. The Bertz CT molecular complexity index is 822. The van der Waals surface area contributed by atoms with Gasteiger partial charge in [0, 0.05) is 12.1 Å². The maximum Gasteiger partial charge on any atom is 0.416 e. The number of hydrogen-bond donors (Lipinski definition) is 3. The van der Waals surface area contributed by atoms with Gasteiger partial charge in [-0.2, -0.15) is 13.2 Å². The molecule has 1 aromatic carbocycles. The van der Waals surface area contributed by atoms with Crippen molar-refractivity contribution >= 4 is 17.6 Å². The Kier molecular flexibility index (Phi) is 5.81. The van der Waals surface area contributed by atoms with Crippen molar-refractivity contribution in [2.24, 2.45) is 5.73 Å². The van der Waals surface area contributed by atoms with Crippen LogP contribution in [-0.2, 0) is 23.9 Å². The van der Waals surface area contributed by atoms with Gasteiger partial charge in [0.25, 0.3) is 5.91 Å². The molecule has 0 aliphatic rings. The maximum atomic E-state index is 12.9. The number of halogens is 3. The number of rotatable bonds is 6. The summed E-state index contributed by atoms with van der Waals surface area (Å²) in [6.45, 7) is -0.0677. The highest BCUT2D eigenvalue weighted by atomic mass is 19.4. The first-order valence-electron chi connectivity index (χ1n) is 7.50. The molecular formula is C17H16F3N4O2. The summed E-state index contributed by atoms with van der Waals surface area (Å²) in [5, 5.41) is 2.48. The molecule has 0 unspecified atom stereocenters. The third-order valence-corrected chi connectivity index (χ3v) is 3.52. The predicted molar refractivity (Wildman–Crippen MR) is 88.5 cm³/mol. The largest absolute Gasteiger partial charge is 0.416 e. The fourth-order valence-corrected chi connectivity index (χ4v) is 2.29. The molecule has 1 aromatic heterocycles. The third-order valence-electron chi connectivity index (χ3n) is 3.52. The van der Waals surface area contributed by atoms with Crippen molar-refractivity contribution in [3.8, 4) is 0 Å². The average molecular weight is 365 g/mol. The number of amides is 2. The number of pyridine rings is 1. The van der Waals surface area contributed by atoms with E-state index in [0.29, 0.717) is 5.56 Å². The molecule has 0 aliphatic heterocycles. The smallest absolute Gasteiger partial charge is 0.384 e. The number of nitrogens with zero attached hydrogens (tertiary/aromatic N) is 1. The maximum absolute atomic E-state index is 12.9. The van der Waals surface area contributed by atoms with E-state index >= 15 is 0 Å². The molecule has 26 heavy (non-hydrogen) atoms. The highest BCUT2D eigenvalue weighted by Crippen LogP contribution is 2.32. The molecule has 0 bridgehead atoms. The molecule has 2 rings (SSSR count). The first-order chi connectivity index (χ1) is 12.2. The van der Waals surface area contributed by atoms with Crippen molar-refractivity contribution in [2.75, 3.05) is 5.73 Å². The monoisotopic (exact) mass is 365 g/mol. The van der Waals surface area contributed by atoms with Crippen LogP contribution < -0.4 is 16.8 Å². The number of benzene rings is 1. The summed E-state index contributed by atoms with van der Waals surface area (Å²) in [7, 11) is 0. The van der Waals surface area contributed by atoms with Gasteiger partial charge in [-0.3, -0.25) is 9.59 Å². The molecule has 1 radical (unpaired) electrons. The Morgan fingerprint density at radius 1 is 1.12 bits per heavy atom. The van der Waals surface area contributed by atoms with Crippen LogP contribution in [0.3, 0.4) is 0 Å². The second-order valence-corrected chi connectivity index (χ2v) is 5.39. The number of aromatic nitrogens is 1. The molecule has 2 amide bonds. The Morgan fingerprint density at radius 2 is 1.81 bits per heavy atom. The van der Waals surface area contributed by atoms with Gasteiger partial charge in [-0.15, -0.1) is 0 Å². The third kappa shape index (κ3) is 4.95. The summed E-state index contributed by atoms with van der Waals surface area (Å²) in [6.07, 6.45) is -3.59. The SMILES string of the molecule is NC(=O)c1nc(N)ccc1CNC(=O)[CH]Cc1ccccc1C(F)(F)F. The van der Waals surface area contributed by atoms with E-state index in [0.717, 1.165) is 12.5 Å². The van der Waals surface area contributed by atoms with Crippen LogP contribution in [0.1, 0.15) is 27.2 Å². The highest BCUT2D eigenvalue weighted by Gasteiger charge is 2.32. The van der Waals surface area contributed by atoms with Gasteiger partial charge in [0.05, 0.1) is 12.0 Å². The molecule has 9 heteroatoms. The lowest BCUT2D eigenvalue weighted by Gasteiger charge is -2.12. The van der Waals surface area contributed by atoms with E-state index < -0.39 is 23.6 Å². The molecular weight excluding hydrogens is 349 g/mol. The van der Waals surface area contributed by atoms with Crippen LogP contribution in [0.5, 0.6) is 0 Å². The van der Waals surface area contributed by atoms with Crippen molar-refractivity contribution in [1.29, 1.82) is 0 Å². The molecule has 0 saturated heterocycles. The quantitative estimate of drug-likeness (QED) is 0.725. The molecule has 0 atom stereocenters. The van der Waals surface area contributed by atoms with Gasteiger partial charge in [0.2, 0.25) is 5.91 Å². The summed E-state index contributed by atoms with van der Waals surface area (Å²) in [5.74, 6) is -1.29. The van der Waals surface area contributed by atoms with Gasteiger partial charge in [0.1, 0.15) is 11.5 Å². The molecule has 6 nitrogen and oxygen atoms in total. The minimum absolute atomic E-state index is 0.0119.